The van der Waals surface area contributed by atoms with Crippen molar-refractivity contribution in [1.29, 1.82) is 0 Å². The molecule has 3 aromatic rings. The second-order valence-electron chi connectivity index (χ2n) is 7.78. The Morgan fingerprint density at radius 2 is 2.00 bits per heavy atom. The van der Waals surface area contributed by atoms with E-state index in [-0.39, 0.29) is 0 Å². The summed E-state index contributed by atoms with van der Waals surface area (Å²) in [4.78, 5) is 11.7. The molecule has 1 unspecified atom stereocenters. The van der Waals surface area contributed by atoms with E-state index in [9.17, 15) is 9.90 Å². The molecule has 0 bridgehead atoms. The molecule has 3 rings (SSSR count). The first-order chi connectivity index (χ1) is 15.7. The number of halogens is 2. The standard InChI is InChI=1S/C19H16Cl2N2O2.C7H13N/c1-12-3-2-4-13(9-12)16(19(24)25)11-15-7-8-23(22-15)18-6-5-14(20)10-17(18)21;1-4-5-8-6-7(2)3/h2-10,16H,11H2,1H3,(H,24,25);4-5,8H,2,6H2,1,3H3/p+1/b;5-4-. The molecule has 3 N–H and O–H groups in total. The van der Waals surface area contributed by atoms with E-state index in [2.05, 4.69) is 17.0 Å². The molecular weight excluding hydrogens is 457 g/mol. The molecule has 0 fully saturated rings. The van der Waals surface area contributed by atoms with Gasteiger partial charge in [0.25, 0.3) is 0 Å². The fraction of sp³-hybridized carbons (Fsp3) is 0.231. The van der Waals surface area contributed by atoms with Crippen molar-refractivity contribution in [2.45, 2.75) is 33.1 Å². The second kappa shape index (κ2) is 13.0. The third-order valence-corrected chi connectivity index (χ3v) is 5.29. The summed E-state index contributed by atoms with van der Waals surface area (Å²) in [6.07, 6.45) is 6.12. The summed E-state index contributed by atoms with van der Waals surface area (Å²) in [5, 5.41) is 17.2. The highest BCUT2D eigenvalue weighted by atomic mass is 35.5. The number of quaternary nitrogens is 1. The van der Waals surface area contributed by atoms with Gasteiger partial charge >= 0.3 is 5.97 Å². The van der Waals surface area contributed by atoms with Gasteiger partial charge in [-0.2, -0.15) is 5.10 Å². The number of aliphatic carboxylic acids is 1. The Hall–Kier alpha value is -2.86. The monoisotopic (exact) mass is 486 g/mol. The Kier molecular flexibility index (Phi) is 10.4. The molecule has 5 nitrogen and oxygen atoms in total. The number of aromatic nitrogens is 2. The van der Waals surface area contributed by atoms with Crippen LogP contribution in [-0.2, 0) is 11.2 Å². The lowest BCUT2D eigenvalue weighted by Crippen LogP contribution is -2.78. The number of hydrogen-bond acceptors (Lipinski definition) is 2. The van der Waals surface area contributed by atoms with Crippen LogP contribution < -0.4 is 5.32 Å². The first-order valence-electron chi connectivity index (χ1n) is 10.6. The minimum absolute atomic E-state index is 0.303. The van der Waals surface area contributed by atoms with Crippen molar-refractivity contribution in [2.24, 2.45) is 0 Å². The average Bonchev–Trinajstić information content (AvgIpc) is 3.20. The summed E-state index contributed by atoms with van der Waals surface area (Å²) in [5.74, 6) is -1.52. The van der Waals surface area contributed by atoms with Gasteiger partial charge < -0.3 is 10.4 Å². The Bertz CT molecular complexity index is 1120. The van der Waals surface area contributed by atoms with Gasteiger partial charge in [-0.25, -0.2) is 4.68 Å². The van der Waals surface area contributed by atoms with E-state index in [0.717, 1.165) is 17.7 Å². The van der Waals surface area contributed by atoms with Gasteiger partial charge in [0.15, 0.2) is 0 Å². The SMILES string of the molecule is C=C(C)C[NH2+]/C=C\C.Cc1cccc(C(Cc2ccn(-c3ccc(Cl)cc3Cl)n2)C(=O)O)c1. The van der Waals surface area contributed by atoms with E-state index in [1.807, 2.05) is 57.3 Å². The minimum Gasteiger partial charge on any atom is -0.481 e. The van der Waals surface area contributed by atoms with E-state index in [1.165, 1.54) is 5.57 Å². The highest BCUT2D eigenvalue weighted by molar-refractivity contribution is 6.35. The van der Waals surface area contributed by atoms with Crippen LogP contribution in [0.25, 0.3) is 5.69 Å². The van der Waals surface area contributed by atoms with Crippen molar-refractivity contribution in [2.75, 3.05) is 6.54 Å². The molecule has 0 radical (unpaired) electrons. The van der Waals surface area contributed by atoms with Gasteiger partial charge in [-0.1, -0.05) is 59.6 Å². The molecule has 0 spiro atoms. The number of carboxylic acid groups (broad SMARTS) is 1. The smallest absolute Gasteiger partial charge is 0.311 e. The van der Waals surface area contributed by atoms with Gasteiger partial charge in [-0.3, -0.25) is 4.79 Å². The third-order valence-electron chi connectivity index (χ3n) is 4.75. The van der Waals surface area contributed by atoms with Crippen LogP contribution >= 0.6 is 23.2 Å². The summed E-state index contributed by atoms with van der Waals surface area (Å²) in [7, 11) is 0. The van der Waals surface area contributed by atoms with E-state index >= 15 is 0 Å². The van der Waals surface area contributed by atoms with Crippen LogP contribution in [0.5, 0.6) is 0 Å². The zero-order valence-electron chi connectivity index (χ0n) is 19.1. The van der Waals surface area contributed by atoms with Crippen LogP contribution in [0.1, 0.15) is 36.6 Å². The van der Waals surface area contributed by atoms with Gasteiger partial charge in [0.1, 0.15) is 6.54 Å². The lowest BCUT2D eigenvalue weighted by molar-refractivity contribution is -0.579. The Balaban J connectivity index is 0.000000414. The predicted octanol–water partition coefficient (Wildman–Crippen LogP) is 5.56. The molecule has 0 saturated carbocycles. The number of nitrogens with zero attached hydrogens (tertiary/aromatic N) is 2. The fourth-order valence-electron chi connectivity index (χ4n) is 3.12. The highest BCUT2D eigenvalue weighted by Gasteiger charge is 2.22. The summed E-state index contributed by atoms with van der Waals surface area (Å²) < 4.78 is 1.63. The summed E-state index contributed by atoms with van der Waals surface area (Å²) in [6, 6.07) is 14.5. The van der Waals surface area contributed by atoms with E-state index in [0.29, 0.717) is 27.8 Å². The predicted molar refractivity (Wildman–Crippen MR) is 135 cm³/mol. The van der Waals surface area contributed by atoms with E-state index in [1.54, 1.807) is 35.1 Å². The first-order valence-corrected chi connectivity index (χ1v) is 11.3. The lowest BCUT2D eigenvalue weighted by atomic mass is 9.93. The van der Waals surface area contributed by atoms with Gasteiger partial charge in [-0.05, 0) is 62.2 Å². The van der Waals surface area contributed by atoms with Crippen LogP contribution in [-0.4, -0.2) is 27.4 Å². The topological polar surface area (TPSA) is 71.7 Å². The zero-order valence-corrected chi connectivity index (χ0v) is 20.6. The molecule has 0 saturated heterocycles. The molecule has 33 heavy (non-hydrogen) atoms. The van der Waals surface area contributed by atoms with Crippen LogP contribution in [0.15, 0.2) is 79.2 Å². The molecular formula is C26H30Cl2N3O2+. The number of hydrogen-bond donors (Lipinski definition) is 2. The van der Waals surface area contributed by atoms with Gasteiger partial charge in [-0.15, -0.1) is 0 Å². The van der Waals surface area contributed by atoms with Crippen LogP contribution in [0.2, 0.25) is 10.0 Å². The fourth-order valence-corrected chi connectivity index (χ4v) is 3.62. The van der Waals surface area contributed by atoms with Crippen LogP contribution in [0, 0.1) is 6.92 Å². The van der Waals surface area contributed by atoms with Crippen molar-refractivity contribution < 1.29 is 15.2 Å². The third kappa shape index (κ3) is 8.54. The molecule has 0 aliphatic heterocycles. The van der Waals surface area contributed by atoms with Gasteiger partial charge in [0.05, 0.1) is 28.5 Å². The quantitative estimate of drug-likeness (QED) is 0.409. The largest absolute Gasteiger partial charge is 0.481 e. The first kappa shape index (κ1) is 26.4. The van der Waals surface area contributed by atoms with Crippen LogP contribution in [0.4, 0.5) is 0 Å². The number of allylic oxidation sites excluding steroid dienone is 1. The number of rotatable bonds is 8. The van der Waals surface area contributed by atoms with Crippen LogP contribution in [0.3, 0.4) is 0 Å². The van der Waals surface area contributed by atoms with Crippen molar-refractivity contribution in [3.05, 3.63) is 106 Å². The van der Waals surface area contributed by atoms with E-state index in [4.69, 9.17) is 23.2 Å². The molecule has 1 atom stereocenters. The molecule has 0 amide bonds. The number of carboxylic acids is 1. The lowest BCUT2D eigenvalue weighted by Gasteiger charge is -2.12. The number of aryl methyl sites for hydroxylation is 1. The zero-order chi connectivity index (χ0) is 24.4. The Labute approximate surface area is 205 Å². The normalized spacial score (nSPS) is 11.7. The highest BCUT2D eigenvalue weighted by Crippen LogP contribution is 2.25. The molecule has 0 aliphatic carbocycles. The maximum absolute atomic E-state index is 11.7. The summed E-state index contributed by atoms with van der Waals surface area (Å²) in [5.41, 5.74) is 4.39. The maximum Gasteiger partial charge on any atom is 0.311 e. The minimum atomic E-state index is -0.871. The molecule has 1 aromatic heterocycles. The van der Waals surface area contributed by atoms with E-state index < -0.39 is 11.9 Å². The average molecular weight is 487 g/mol. The number of carbonyl (C=O) groups is 1. The molecule has 7 heteroatoms. The second-order valence-corrected chi connectivity index (χ2v) is 8.62. The number of nitrogens with two attached hydrogens (primary N) is 1. The van der Waals surface area contributed by atoms with Gasteiger partial charge in [0.2, 0.25) is 0 Å². The summed E-state index contributed by atoms with van der Waals surface area (Å²) >= 11 is 12.1. The maximum atomic E-state index is 11.7. The molecule has 2 aromatic carbocycles. The Morgan fingerprint density at radius 1 is 1.24 bits per heavy atom. The number of benzene rings is 2. The molecule has 1 heterocycles. The van der Waals surface area contributed by atoms with Crippen molar-refractivity contribution in [3.63, 3.8) is 0 Å². The summed E-state index contributed by atoms with van der Waals surface area (Å²) in [6.45, 7) is 10.7. The van der Waals surface area contributed by atoms with Crippen molar-refractivity contribution >= 4 is 29.2 Å². The van der Waals surface area contributed by atoms with Gasteiger partial charge in [0, 0.05) is 17.6 Å². The molecule has 0 aliphatic rings. The van der Waals surface area contributed by atoms with Crippen molar-refractivity contribution in [1.82, 2.24) is 9.78 Å². The molecule has 174 valence electrons. The van der Waals surface area contributed by atoms with Crippen molar-refractivity contribution in [3.8, 4) is 5.69 Å². The Morgan fingerprint density at radius 3 is 2.61 bits per heavy atom.